The minimum Gasteiger partial charge on any atom is -0.302 e. The van der Waals surface area contributed by atoms with E-state index in [4.69, 9.17) is 0 Å². The molecule has 1 aromatic heterocycles. The van der Waals surface area contributed by atoms with E-state index >= 15 is 0 Å². The first-order valence-electron chi connectivity index (χ1n) is 5.21. The number of hydrogen-bond acceptors (Lipinski definition) is 2. The lowest BCUT2D eigenvalue weighted by atomic mass is 9.82. The molecule has 1 aliphatic carbocycles. The van der Waals surface area contributed by atoms with Crippen molar-refractivity contribution >= 4 is 17.6 Å². The average molecular weight is 208 g/mol. The molecule has 0 atom stereocenters. The third kappa shape index (κ3) is 1.52. The molecule has 0 saturated carbocycles. The zero-order chi connectivity index (χ0) is 10.2. The van der Waals surface area contributed by atoms with Crippen molar-refractivity contribution < 1.29 is 4.79 Å². The van der Waals surface area contributed by atoms with E-state index in [9.17, 15) is 4.79 Å². The van der Waals surface area contributed by atoms with Crippen LogP contribution in [0.15, 0.2) is 5.38 Å². The van der Waals surface area contributed by atoms with Crippen molar-refractivity contribution in [3.8, 4) is 0 Å². The third-order valence-corrected chi connectivity index (χ3v) is 4.14. The van der Waals surface area contributed by atoms with Crippen molar-refractivity contribution in [2.24, 2.45) is 0 Å². The number of aldehydes is 1. The molecular weight excluding hydrogens is 192 g/mol. The standard InChI is InChI=1S/C12H16OS/c1-12(2,8-13)10-7-14-11-6-4-3-5-9(10)11/h7-8H,3-6H2,1-2H3. The van der Waals surface area contributed by atoms with Crippen LogP contribution in [0.5, 0.6) is 0 Å². The topological polar surface area (TPSA) is 17.1 Å². The van der Waals surface area contributed by atoms with Crippen molar-refractivity contribution in [3.05, 3.63) is 21.4 Å². The van der Waals surface area contributed by atoms with E-state index in [1.54, 1.807) is 0 Å². The van der Waals surface area contributed by atoms with Crippen LogP contribution in [0.1, 0.15) is 42.7 Å². The molecular formula is C12H16OS. The van der Waals surface area contributed by atoms with Gasteiger partial charge in [0.1, 0.15) is 6.29 Å². The van der Waals surface area contributed by atoms with Crippen molar-refractivity contribution in [2.75, 3.05) is 0 Å². The van der Waals surface area contributed by atoms with E-state index in [0.29, 0.717) is 0 Å². The molecule has 0 amide bonds. The Morgan fingerprint density at radius 2 is 2.07 bits per heavy atom. The van der Waals surface area contributed by atoms with E-state index in [2.05, 4.69) is 5.38 Å². The average Bonchev–Trinajstić information content (AvgIpc) is 2.61. The summed E-state index contributed by atoms with van der Waals surface area (Å²) in [6, 6.07) is 0. The lowest BCUT2D eigenvalue weighted by Gasteiger charge is -2.20. The number of aryl methyl sites for hydroxylation is 1. The van der Waals surface area contributed by atoms with E-state index in [1.807, 2.05) is 25.2 Å². The van der Waals surface area contributed by atoms with Crippen LogP contribution in [0, 0.1) is 0 Å². The molecule has 1 heterocycles. The summed E-state index contributed by atoms with van der Waals surface area (Å²) in [5.74, 6) is 0. The molecule has 0 saturated heterocycles. The maximum Gasteiger partial charge on any atom is 0.130 e. The summed E-state index contributed by atoms with van der Waals surface area (Å²) < 4.78 is 0. The smallest absolute Gasteiger partial charge is 0.130 e. The fraction of sp³-hybridized carbons (Fsp3) is 0.583. The van der Waals surface area contributed by atoms with Gasteiger partial charge < -0.3 is 4.79 Å². The maximum absolute atomic E-state index is 11.0. The Bertz CT molecular complexity index is 349. The van der Waals surface area contributed by atoms with Gasteiger partial charge in [-0.2, -0.15) is 0 Å². The Morgan fingerprint density at radius 3 is 2.79 bits per heavy atom. The fourth-order valence-corrected chi connectivity index (χ4v) is 3.42. The SMILES string of the molecule is CC(C)(C=O)c1csc2c1CCCC2. The Morgan fingerprint density at radius 1 is 1.36 bits per heavy atom. The van der Waals surface area contributed by atoms with Gasteiger partial charge in [0, 0.05) is 10.3 Å². The molecule has 0 bridgehead atoms. The minimum atomic E-state index is -0.290. The van der Waals surface area contributed by atoms with Crippen LogP contribution in [0.3, 0.4) is 0 Å². The highest BCUT2D eigenvalue weighted by Crippen LogP contribution is 2.36. The number of fused-ring (bicyclic) bond motifs is 1. The lowest BCUT2D eigenvalue weighted by Crippen LogP contribution is -2.20. The van der Waals surface area contributed by atoms with Crippen molar-refractivity contribution in [3.63, 3.8) is 0 Å². The summed E-state index contributed by atoms with van der Waals surface area (Å²) in [5.41, 5.74) is 2.45. The van der Waals surface area contributed by atoms with Crippen LogP contribution in [0.2, 0.25) is 0 Å². The van der Waals surface area contributed by atoms with Gasteiger partial charge in [0.15, 0.2) is 0 Å². The second kappa shape index (κ2) is 3.50. The first-order chi connectivity index (χ1) is 6.65. The van der Waals surface area contributed by atoms with E-state index in [-0.39, 0.29) is 5.41 Å². The molecule has 1 nitrogen and oxygen atoms in total. The van der Waals surface area contributed by atoms with E-state index < -0.39 is 0 Å². The van der Waals surface area contributed by atoms with Crippen molar-refractivity contribution in [1.29, 1.82) is 0 Å². The Hall–Kier alpha value is -0.630. The van der Waals surface area contributed by atoms with Crippen LogP contribution in [-0.4, -0.2) is 6.29 Å². The molecule has 0 unspecified atom stereocenters. The zero-order valence-corrected chi connectivity index (χ0v) is 9.62. The summed E-state index contributed by atoms with van der Waals surface area (Å²) in [7, 11) is 0. The van der Waals surface area contributed by atoms with Crippen LogP contribution < -0.4 is 0 Å². The first kappa shape index (κ1) is 9.91. The summed E-state index contributed by atoms with van der Waals surface area (Å²) in [5, 5.41) is 2.18. The number of carbonyl (C=O) groups excluding carboxylic acids is 1. The molecule has 0 fully saturated rings. The van der Waals surface area contributed by atoms with Gasteiger partial charge in [0.25, 0.3) is 0 Å². The number of rotatable bonds is 2. The Labute approximate surface area is 89.1 Å². The summed E-state index contributed by atoms with van der Waals surface area (Å²) in [6.07, 6.45) is 6.06. The predicted octanol–water partition coefficient (Wildman–Crippen LogP) is 3.10. The van der Waals surface area contributed by atoms with Gasteiger partial charge in [-0.05, 0) is 56.0 Å². The molecule has 0 aromatic carbocycles. The first-order valence-corrected chi connectivity index (χ1v) is 6.09. The lowest BCUT2D eigenvalue weighted by molar-refractivity contribution is -0.111. The zero-order valence-electron chi connectivity index (χ0n) is 8.80. The van der Waals surface area contributed by atoms with Crippen molar-refractivity contribution in [1.82, 2.24) is 0 Å². The number of carbonyl (C=O) groups is 1. The molecule has 0 radical (unpaired) electrons. The normalized spacial score (nSPS) is 16.4. The van der Waals surface area contributed by atoms with E-state index in [1.165, 1.54) is 41.7 Å². The van der Waals surface area contributed by atoms with E-state index in [0.717, 1.165) is 6.29 Å². The minimum absolute atomic E-state index is 0.290. The molecule has 0 spiro atoms. The van der Waals surface area contributed by atoms with Crippen LogP contribution in [0.25, 0.3) is 0 Å². The highest BCUT2D eigenvalue weighted by molar-refractivity contribution is 7.10. The van der Waals surface area contributed by atoms with Crippen LogP contribution in [0.4, 0.5) is 0 Å². The summed E-state index contributed by atoms with van der Waals surface area (Å²) in [4.78, 5) is 12.5. The third-order valence-electron chi connectivity index (χ3n) is 3.05. The molecule has 0 N–H and O–H groups in total. The Balaban J connectivity index is 2.44. The second-order valence-electron chi connectivity index (χ2n) is 4.60. The molecule has 0 aliphatic heterocycles. The van der Waals surface area contributed by atoms with Crippen LogP contribution >= 0.6 is 11.3 Å². The predicted molar refractivity (Wildman–Crippen MR) is 60.1 cm³/mol. The molecule has 76 valence electrons. The number of hydrogen-bond donors (Lipinski definition) is 0. The number of thiophene rings is 1. The van der Waals surface area contributed by atoms with Crippen molar-refractivity contribution in [2.45, 2.75) is 44.9 Å². The molecule has 2 rings (SSSR count). The van der Waals surface area contributed by atoms with Gasteiger partial charge in [-0.25, -0.2) is 0 Å². The highest BCUT2D eigenvalue weighted by Gasteiger charge is 2.26. The fourth-order valence-electron chi connectivity index (χ4n) is 2.10. The summed E-state index contributed by atoms with van der Waals surface area (Å²) >= 11 is 1.84. The maximum atomic E-state index is 11.0. The highest BCUT2D eigenvalue weighted by atomic mass is 32.1. The quantitative estimate of drug-likeness (QED) is 0.682. The molecule has 2 heteroatoms. The van der Waals surface area contributed by atoms with Gasteiger partial charge >= 0.3 is 0 Å². The second-order valence-corrected chi connectivity index (χ2v) is 5.56. The Kier molecular flexibility index (Phi) is 2.48. The largest absolute Gasteiger partial charge is 0.302 e. The monoisotopic (exact) mass is 208 g/mol. The van der Waals surface area contributed by atoms with Gasteiger partial charge in [-0.15, -0.1) is 11.3 Å². The van der Waals surface area contributed by atoms with Gasteiger partial charge in [-0.1, -0.05) is 0 Å². The van der Waals surface area contributed by atoms with Gasteiger partial charge in [0.05, 0.1) is 0 Å². The molecule has 14 heavy (non-hydrogen) atoms. The van der Waals surface area contributed by atoms with Crippen LogP contribution in [-0.2, 0) is 23.1 Å². The van der Waals surface area contributed by atoms with Gasteiger partial charge in [0.2, 0.25) is 0 Å². The summed E-state index contributed by atoms with van der Waals surface area (Å²) in [6.45, 7) is 4.02. The van der Waals surface area contributed by atoms with Gasteiger partial charge in [-0.3, -0.25) is 0 Å². The molecule has 1 aromatic rings. The molecule has 1 aliphatic rings.